The quantitative estimate of drug-likeness (QED) is 0.792. The Morgan fingerprint density at radius 3 is 2.95 bits per heavy atom. The SMILES string of the molecule is CCCC(C)n1c(SCC(=O)O)nnc1-c1cccs1. The normalized spacial score (nSPS) is 12.5. The van der Waals surface area contributed by atoms with Crippen molar-refractivity contribution in [3.05, 3.63) is 17.5 Å². The van der Waals surface area contributed by atoms with E-state index in [0.29, 0.717) is 5.16 Å². The Balaban J connectivity index is 2.34. The van der Waals surface area contributed by atoms with Crippen LogP contribution in [0, 0.1) is 0 Å². The van der Waals surface area contributed by atoms with Gasteiger partial charge in [0.2, 0.25) is 0 Å². The number of aromatic nitrogens is 3. The number of nitrogens with zero attached hydrogens (tertiary/aromatic N) is 3. The number of carbonyl (C=O) groups is 1. The van der Waals surface area contributed by atoms with Gasteiger partial charge in [0.15, 0.2) is 11.0 Å². The Labute approximate surface area is 126 Å². The molecule has 1 unspecified atom stereocenters. The molecule has 108 valence electrons. The van der Waals surface area contributed by atoms with Crippen molar-refractivity contribution in [2.45, 2.75) is 37.9 Å². The Hall–Kier alpha value is -1.34. The predicted molar refractivity (Wildman–Crippen MR) is 81.3 cm³/mol. The Morgan fingerprint density at radius 1 is 1.55 bits per heavy atom. The second kappa shape index (κ2) is 6.90. The number of aliphatic carboxylic acids is 1. The molecule has 0 saturated carbocycles. The molecule has 1 N–H and O–H groups in total. The van der Waals surface area contributed by atoms with Gasteiger partial charge in [0.05, 0.1) is 10.6 Å². The molecule has 0 radical (unpaired) electrons. The van der Waals surface area contributed by atoms with Crippen LogP contribution in [0.4, 0.5) is 0 Å². The van der Waals surface area contributed by atoms with Gasteiger partial charge in [0.25, 0.3) is 0 Å². The smallest absolute Gasteiger partial charge is 0.313 e. The van der Waals surface area contributed by atoms with Gasteiger partial charge in [-0.15, -0.1) is 21.5 Å². The maximum absolute atomic E-state index is 10.7. The van der Waals surface area contributed by atoms with E-state index in [1.54, 1.807) is 11.3 Å². The maximum Gasteiger partial charge on any atom is 0.313 e. The summed E-state index contributed by atoms with van der Waals surface area (Å²) in [6.07, 6.45) is 2.07. The highest BCUT2D eigenvalue weighted by Gasteiger charge is 2.19. The van der Waals surface area contributed by atoms with E-state index in [1.807, 2.05) is 17.5 Å². The van der Waals surface area contributed by atoms with Gasteiger partial charge in [-0.25, -0.2) is 0 Å². The highest BCUT2D eigenvalue weighted by molar-refractivity contribution is 7.99. The van der Waals surface area contributed by atoms with Gasteiger partial charge in [-0.3, -0.25) is 9.36 Å². The van der Waals surface area contributed by atoms with Crippen LogP contribution in [0.15, 0.2) is 22.7 Å². The van der Waals surface area contributed by atoms with E-state index in [-0.39, 0.29) is 11.8 Å². The van der Waals surface area contributed by atoms with E-state index in [2.05, 4.69) is 28.6 Å². The minimum atomic E-state index is -0.842. The summed E-state index contributed by atoms with van der Waals surface area (Å²) in [6, 6.07) is 4.24. The zero-order valence-corrected chi connectivity index (χ0v) is 13.1. The molecule has 0 aliphatic heterocycles. The van der Waals surface area contributed by atoms with E-state index in [4.69, 9.17) is 5.11 Å². The molecule has 0 aliphatic carbocycles. The first kappa shape index (κ1) is 15.1. The molecule has 0 bridgehead atoms. The van der Waals surface area contributed by atoms with Gasteiger partial charge >= 0.3 is 5.97 Å². The predicted octanol–water partition coefficient (Wildman–Crippen LogP) is 3.54. The fraction of sp³-hybridized carbons (Fsp3) is 0.462. The number of hydrogen-bond acceptors (Lipinski definition) is 5. The van der Waals surface area contributed by atoms with Crippen LogP contribution in [0.25, 0.3) is 10.7 Å². The van der Waals surface area contributed by atoms with Crippen molar-refractivity contribution in [3.8, 4) is 10.7 Å². The summed E-state index contributed by atoms with van der Waals surface area (Å²) in [5.41, 5.74) is 0. The first-order valence-electron chi connectivity index (χ1n) is 6.46. The molecule has 0 saturated heterocycles. The Bertz CT molecular complexity index is 566. The van der Waals surface area contributed by atoms with Gasteiger partial charge < -0.3 is 5.11 Å². The molecular formula is C13H17N3O2S2. The van der Waals surface area contributed by atoms with Crippen LogP contribution in [0.1, 0.15) is 32.7 Å². The number of thiophene rings is 1. The van der Waals surface area contributed by atoms with Gasteiger partial charge in [-0.05, 0) is 24.8 Å². The van der Waals surface area contributed by atoms with Crippen LogP contribution in [0.2, 0.25) is 0 Å². The number of rotatable bonds is 7. The fourth-order valence-electron chi connectivity index (χ4n) is 2.02. The molecule has 1 atom stereocenters. The molecule has 0 aliphatic rings. The third-order valence-corrected chi connectivity index (χ3v) is 4.67. The summed E-state index contributed by atoms with van der Waals surface area (Å²) in [7, 11) is 0. The van der Waals surface area contributed by atoms with Crippen molar-refractivity contribution < 1.29 is 9.90 Å². The molecule has 20 heavy (non-hydrogen) atoms. The largest absolute Gasteiger partial charge is 0.481 e. The second-order valence-electron chi connectivity index (χ2n) is 4.47. The van der Waals surface area contributed by atoms with Gasteiger partial charge in [0.1, 0.15) is 0 Å². The lowest BCUT2D eigenvalue weighted by Crippen LogP contribution is -2.09. The zero-order valence-electron chi connectivity index (χ0n) is 11.4. The first-order valence-corrected chi connectivity index (χ1v) is 8.33. The van der Waals surface area contributed by atoms with Crippen molar-refractivity contribution >= 4 is 29.1 Å². The number of carboxylic acid groups (broad SMARTS) is 1. The average molecular weight is 311 g/mol. The minimum absolute atomic E-state index is 0.00141. The van der Waals surface area contributed by atoms with Crippen LogP contribution in [-0.4, -0.2) is 31.6 Å². The zero-order chi connectivity index (χ0) is 14.5. The lowest BCUT2D eigenvalue weighted by molar-refractivity contribution is -0.133. The monoisotopic (exact) mass is 311 g/mol. The molecule has 0 amide bonds. The topological polar surface area (TPSA) is 68.0 Å². The van der Waals surface area contributed by atoms with Gasteiger partial charge in [0, 0.05) is 6.04 Å². The Morgan fingerprint density at radius 2 is 2.35 bits per heavy atom. The maximum atomic E-state index is 10.7. The van der Waals surface area contributed by atoms with E-state index < -0.39 is 5.97 Å². The minimum Gasteiger partial charge on any atom is -0.481 e. The lowest BCUT2D eigenvalue weighted by atomic mass is 10.2. The van der Waals surface area contributed by atoms with E-state index >= 15 is 0 Å². The molecule has 2 aromatic heterocycles. The lowest BCUT2D eigenvalue weighted by Gasteiger charge is -2.16. The number of hydrogen-bond donors (Lipinski definition) is 1. The summed E-state index contributed by atoms with van der Waals surface area (Å²) in [4.78, 5) is 11.8. The summed E-state index contributed by atoms with van der Waals surface area (Å²) in [6.45, 7) is 4.25. The summed E-state index contributed by atoms with van der Waals surface area (Å²) in [5, 5.41) is 19.9. The molecule has 7 heteroatoms. The molecule has 2 rings (SSSR count). The van der Waals surface area contributed by atoms with Gasteiger partial charge in [-0.2, -0.15) is 0 Å². The summed E-state index contributed by atoms with van der Waals surface area (Å²) < 4.78 is 2.06. The van der Waals surface area contributed by atoms with Crippen molar-refractivity contribution in [1.29, 1.82) is 0 Å². The summed E-state index contributed by atoms with van der Waals surface area (Å²) in [5.74, 6) is -0.0132. The van der Waals surface area contributed by atoms with Crippen LogP contribution >= 0.6 is 23.1 Å². The van der Waals surface area contributed by atoms with Crippen molar-refractivity contribution in [2.24, 2.45) is 0 Å². The van der Waals surface area contributed by atoms with Crippen molar-refractivity contribution in [3.63, 3.8) is 0 Å². The number of thioether (sulfide) groups is 1. The highest BCUT2D eigenvalue weighted by Crippen LogP contribution is 2.31. The number of carboxylic acids is 1. The molecule has 0 aromatic carbocycles. The van der Waals surface area contributed by atoms with Crippen LogP contribution in [0.3, 0.4) is 0 Å². The molecule has 0 fully saturated rings. The first-order chi connectivity index (χ1) is 9.63. The Kier molecular flexibility index (Phi) is 5.19. The summed E-state index contributed by atoms with van der Waals surface area (Å²) >= 11 is 2.84. The van der Waals surface area contributed by atoms with Crippen LogP contribution in [0.5, 0.6) is 0 Å². The van der Waals surface area contributed by atoms with Crippen molar-refractivity contribution in [1.82, 2.24) is 14.8 Å². The third kappa shape index (κ3) is 3.40. The van der Waals surface area contributed by atoms with Crippen LogP contribution < -0.4 is 0 Å². The molecule has 5 nitrogen and oxygen atoms in total. The van der Waals surface area contributed by atoms with E-state index in [0.717, 1.165) is 23.5 Å². The molecule has 0 spiro atoms. The third-order valence-electron chi connectivity index (χ3n) is 2.88. The second-order valence-corrected chi connectivity index (χ2v) is 6.36. The molecule has 2 aromatic rings. The molecule has 2 heterocycles. The van der Waals surface area contributed by atoms with E-state index in [9.17, 15) is 4.79 Å². The average Bonchev–Trinajstić information content (AvgIpc) is 3.05. The van der Waals surface area contributed by atoms with Gasteiger partial charge in [-0.1, -0.05) is 31.2 Å². The highest BCUT2D eigenvalue weighted by atomic mass is 32.2. The van der Waals surface area contributed by atoms with Crippen molar-refractivity contribution in [2.75, 3.05) is 5.75 Å². The van der Waals surface area contributed by atoms with Crippen LogP contribution in [-0.2, 0) is 4.79 Å². The standard InChI is InChI=1S/C13H17N3O2S2/c1-3-5-9(2)16-12(10-6-4-7-19-10)14-15-13(16)20-8-11(17)18/h4,6-7,9H,3,5,8H2,1-2H3,(H,17,18). The van der Waals surface area contributed by atoms with E-state index in [1.165, 1.54) is 11.8 Å². The molecular weight excluding hydrogens is 294 g/mol. The fourth-order valence-corrected chi connectivity index (χ4v) is 3.48.